The molecule has 0 radical (unpaired) electrons. The minimum atomic E-state index is 0.0752. The Hall–Kier alpha value is -2.37. The molecule has 0 atom stereocenters. The lowest BCUT2D eigenvalue weighted by Crippen LogP contribution is -2.49. The molecule has 0 saturated carbocycles. The summed E-state index contributed by atoms with van der Waals surface area (Å²) in [6, 6.07) is 16.7. The molecule has 27 heavy (non-hydrogen) atoms. The van der Waals surface area contributed by atoms with Crippen molar-refractivity contribution in [2.45, 2.75) is 20.1 Å². The molecule has 0 aromatic heterocycles. The largest absolute Gasteiger partial charge is 0.380 e. The average molecular weight is 367 g/mol. The van der Waals surface area contributed by atoms with Crippen molar-refractivity contribution in [3.63, 3.8) is 0 Å². The maximum Gasteiger partial charge on any atom is 0.234 e. The van der Waals surface area contributed by atoms with Crippen LogP contribution < -0.4 is 10.2 Å². The van der Waals surface area contributed by atoms with Gasteiger partial charge in [0.15, 0.2) is 0 Å². The van der Waals surface area contributed by atoms with Gasteiger partial charge < -0.3 is 15.0 Å². The van der Waals surface area contributed by atoms with E-state index < -0.39 is 0 Å². The summed E-state index contributed by atoms with van der Waals surface area (Å²) >= 11 is 0. The number of methoxy groups -OCH3 is 1. The summed E-state index contributed by atoms with van der Waals surface area (Å²) in [5.41, 5.74) is 4.78. The van der Waals surface area contributed by atoms with Crippen LogP contribution in [0.2, 0.25) is 0 Å². The van der Waals surface area contributed by atoms with Crippen molar-refractivity contribution >= 4 is 11.6 Å². The number of benzene rings is 2. The standard InChI is InChI=1S/C22H29N3O2/c1-18-6-5-9-21(14-18)25-12-10-24(11-13-25)16-22(26)23-15-19-7-3-4-8-20(19)17-27-2/h3-9,14H,10-13,15-17H2,1-2H3,(H,23,26). The Morgan fingerprint density at radius 3 is 2.48 bits per heavy atom. The number of ether oxygens (including phenoxy) is 1. The molecule has 0 aliphatic carbocycles. The van der Waals surface area contributed by atoms with Crippen molar-refractivity contribution in [2.24, 2.45) is 0 Å². The first-order valence-corrected chi connectivity index (χ1v) is 9.52. The number of hydrogen-bond donors (Lipinski definition) is 1. The SMILES string of the molecule is COCc1ccccc1CNC(=O)CN1CCN(c2cccc(C)c2)CC1. The second-order valence-corrected chi connectivity index (χ2v) is 7.08. The molecule has 1 heterocycles. The molecular weight excluding hydrogens is 338 g/mol. The van der Waals surface area contributed by atoms with Crippen molar-refractivity contribution in [2.75, 3.05) is 44.7 Å². The fraction of sp³-hybridized carbons (Fsp3) is 0.409. The summed E-state index contributed by atoms with van der Waals surface area (Å²) in [5, 5.41) is 3.05. The van der Waals surface area contributed by atoms with Crippen LogP contribution in [0.3, 0.4) is 0 Å². The lowest BCUT2D eigenvalue weighted by Gasteiger charge is -2.35. The summed E-state index contributed by atoms with van der Waals surface area (Å²) < 4.78 is 5.23. The van der Waals surface area contributed by atoms with Gasteiger partial charge in [-0.3, -0.25) is 9.69 Å². The lowest BCUT2D eigenvalue weighted by atomic mass is 10.1. The third-order valence-electron chi connectivity index (χ3n) is 5.00. The Bertz CT molecular complexity index is 755. The molecule has 1 aliphatic rings. The highest BCUT2D eigenvalue weighted by atomic mass is 16.5. The first-order valence-electron chi connectivity index (χ1n) is 9.52. The van der Waals surface area contributed by atoms with E-state index in [4.69, 9.17) is 4.74 Å². The number of aryl methyl sites for hydroxylation is 1. The van der Waals surface area contributed by atoms with Crippen LogP contribution in [0, 0.1) is 6.92 Å². The highest BCUT2D eigenvalue weighted by Crippen LogP contribution is 2.17. The molecule has 0 unspecified atom stereocenters. The van der Waals surface area contributed by atoms with E-state index in [1.54, 1.807) is 7.11 Å². The van der Waals surface area contributed by atoms with E-state index in [0.717, 1.165) is 37.3 Å². The topological polar surface area (TPSA) is 44.8 Å². The van der Waals surface area contributed by atoms with Crippen molar-refractivity contribution in [1.29, 1.82) is 0 Å². The van der Waals surface area contributed by atoms with Crippen LogP contribution in [0.25, 0.3) is 0 Å². The Morgan fingerprint density at radius 2 is 1.78 bits per heavy atom. The summed E-state index contributed by atoms with van der Waals surface area (Å²) in [5.74, 6) is 0.0752. The lowest BCUT2D eigenvalue weighted by molar-refractivity contribution is -0.122. The Kier molecular flexibility index (Phi) is 6.85. The normalized spacial score (nSPS) is 15.0. The smallest absolute Gasteiger partial charge is 0.234 e. The van der Waals surface area contributed by atoms with Gasteiger partial charge in [-0.15, -0.1) is 0 Å². The second-order valence-electron chi connectivity index (χ2n) is 7.08. The predicted octanol–water partition coefficient (Wildman–Crippen LogP) is 2.58. The molecule has 1 fully saturated rings. The molecule has 0 bridgehead atoms. The van der Waals surface area contributed by atoms with E-state index in [2.05, 4.69) is 46.3 Å². The van der Waals surface area contributed by atoms with Crippen molar-refractivity contribution in [3.8, 4) is 0 Å². The average Bonchev–Trinajstić information content (AvgIpc) is 2.68. The third-order valence-corrected chi connectivity index (χ3v) is 5.00. The molecule has 2 aromatic carbocycles. The molecule has 5 heteroatoms. The number of amides is 1. The van der Waals surface area contributed by atoms with Crippen LogP contribution in [0.5, 0.6) is 0 Å². The van der Waals surface area contributed by atoms with Gasteiger partial charge in [-0.05, 0) is 35.7 Å². The van der Waals surface area contributed by atoms with E-state index in [-0.39, 0.29) is 5.91 Å². The van der Waals surface area contributed by atoms with Gasteiger partial charge in [-0.2, -0.15) is 0 Å². The molecule has 0 spiro atoms. The van der Waals surface area contributed by atoms with E-state index in [0.29, 0.717) is 19.7 Å². The number of nitrogens with zero attached hydrogens (tertiary/aromatic N) is 2. The predicted molar refractivity (Wildman–Crippen MR) is 109 cm³/mol. The number of carbonyl (C=O) groups is 1. The van der Waals surface area contributed by atoms with Gasteiger partial charge in [0.2, 0.25) is 5.91 Å². The Balaban J connectivity index is 1.44. The van der Waals surface area contributed by atoms with Gasteiger partial charge in [0.05, 0.1) is 13.2 Å². The molecular formula is C22H29N3O2. The molecule has 1 amide bonds. The van der Waals surface area contributed by atoms with Crippen molar-refractivity contribution < 1.29 is 9.53 Å². The zero-order chi connectivity index (χ0) is 19.1. The van der Waals surface area contributed by atoms with Gasteiger partial charge in [-0.25, -0.2) is 0 Å². The first-order chi connectivity index (χ1) is 13.2. The van der Waals surface area contributed by atoms with E-state index in [1.165, 1.54) is 11.3 Å². The maximum absolute atomic E-state index is 12.4. The van der Waals surface area contributed by atoms with Gasteiger partial charge >= 0.3 is 0 Å². The highest BCUT2D eigenvalue weighted by Gasteiger charge is 2.19. The van der Waals surface area contributed by atoms with Crippen LogP contribution in [0.1, 0.15) is 16.7 Å². The summed E-state index contributed by atoms with van der Waals surface area (Å²) in [6.07, 6.45) is 0. The van der Waals surface area contributed by atoms with E-state index in [1.807, 2.05) is 24.3 Å². The number of nitrogens with one attached hydrogen (secondary N) is 1. The quantitative estimate of drug-likeness (QED) is 0.817. The van der Waals surface area contributed by atoms with Crippen LogP contribution in [-0.2, 0) is 22.7 Å². The number of anilines is 1. The molecule has 1 aliphatic heterocycles. The van der Waals surface area contributed by atoms with Crippen LogP contribution >= 0.6 is 0 Å². The Morgan fingerprint density at radius 1 is 1.04 bits per heavy atom. The van der Waals surface area contributed by atoms with Crippen molar-refractivity contribution in [3.05, 3.63) is 65.2 Å². The summed E-state index contributed by atoms with van der Waals surface area (Å²) in [4.78, 5) is 17.0. The zero-order valence-corrected chi connectivity index (χ0v) is 16.3. The van der Waals surface area contributed by atoms with Crippen LogP contribution in [0.15, 0.2) is 48.5 Å². The van der Waals surface area contributed by atoms with Gasteiger partial charge in [0.1, 0.15) is 0 Å². The molecule has 2 aromatic rings. The minimum Gasteiger partial charge on any atom is -0.380 e. The molecule has 3 rings (SSSR count). The maximum atomic E-state index is 12.4. The minimum absolute atomic E-state index is 0.0752. The fourth-order valence-corrected chi connectivity index (χ4v) is 3.47. The molecule has 144 valence electrons. The summed E-state index contributed by atoms with van der Waals surface area (Å²) in [7, 11) is 1.69. The number of carbonyl (C=O) groups excluding carboxylic acids is 1. The van der Waals surface area contributed by atoms with Gasteiger partial charge in [0.25, 0.3) is 0 Å². The zero-order valence-electron chi connectivity index (χ0n) is 16.3. The second kappa shape index (κ2) is 9.53. The number of rotatable bonds is 7. The Labute approximate surface area is 161 Å². The van der Waals surface area contributed by atoms with E-state index >= 15 is 0 Å². The molecule has 1 saturated heterocycles. The number of hydrogen-bond acceptors (Lipinski definition) is 4. The number of piperazine rings is 1. The van der Waals surface area contributed by atoms with E-state index in [9.17, 15) is 4.79 Å². The van der Waals surface area contributed by atoms with Crippen LogP contribution in [0.4, 0.5) is 5.69 Å². The van der Waals surface area contributed by atoms with Crippen LogP contribution in [-0.4, -0.2) is 50.6 Å². The highest BCUT2D eigenvalue weighted by molar-refractivity contribution is 5.78. The van der Waals surface area contributed by atoms with Crippen molar-refractivity contribution in [1.82, 2.24) is 10.2 Å². The monoisotopic (exact) mass is 367 g/mol. The fourth-order valence-electron chi connectivity index (χ4n) is 3.47. The van der Waals surface area contributed by atoms with Gasteiger partial charge in [0, 0.05) is 45.5 Å². The molecule has 1 N–H and O–H groups in total. The van der Waals surface area contributed by atoms with Gasteiger partial charge in [-0.1, -0.05) is 36.4 Å². The summed E-state index contributed by atoms with van der Waals surface area (Å²) in [6.45, 7) is 7.39. The first kappa shape index (κ1) is 19.4. The molecule has 5 nitrogen and oxygen atoms in total. The third kappa shape index (κ3) is 5.55.